The Balaban J connectivity index is 2.36. The first kappa shape index (κ1) is 14.9. The van der Waals surface area contributed by atoms with Crippen molar-refractivity contribution in [3.05, 3.63) is 0 Å². The summed E-state index contributed by atoms with van der Waals surface area (Å²) in [5.74, 6) is 0. The summed E-state index contributed by atoms with van der Waals surface area (Å²) in [5, 5.41) is 3.66. The summed E-state index contributed by atoms with van der Waals surface area (Å²) in [7, 11) is 0. The monoisotopic (exact) mass is 242 g/mol. The predicted molar refractivity (Wildman–Crippen MR) is 73.5 cm³/mol. The smallest absolute Gasteiger partial charge is 0.0600 e. The van der Waals surface area contributed by atoms with Gasteiger partial charge in [0.25, 0.3) is 0 Å². The summed E-state index contributed by atoms with van der Waals surface area (Å²) < 4.78 is 5.81. The summed E-state index contributed by atoms with van der Waals surface area (Å²) in [6.45, 7) is 16.3. The second-order valence-electron chi connectivity index (χ2n) is 6.43. The highest BCUT2D eigenvalue weighted by Gasteiger charge is 2.26. The van der Waals surface area contributed by atoms with Gasteiger partial charge in [-0.15, -0.1) is 0 Å². The molecular formula is C14H30N2O. The molecule has 1 saturated heterocycles. The molecule has 0 aliphatic carbocycles. The maximum absolute atomic E-state index is 5.81. The van der Waals surface area contributed by atoms with Crippen LogP contribution in [0.15, 0.2) is 0 Å². The molecule has 0 bridgehead atoms. The van der Waals surface area contributed by atoms with Gasteiger partial charge >= 0.3 is 0 Å². The van der Waals surface area contributed by atoms with Crippen LogP contribution in [-0.2, 0) is 4.74 Å². The molecule has 102 valence electrons. The van der Waals surface area contributed by atoms with Crippen molar-refractivity contribution < 1.29 is 4.74 Å². The Morgan fingerprint density at radius 3 is 2.65 bits per heavy atom. The van der Waals surface area contributed by atoms with E-state index in [1.54, 1.807) is 0 Å². The summed E-state index contributed by atoms with van der Waals surface area (Å²) >= 11 is 0. The van der Waals surface area contributed by atoms with E-state index in [9.17, 15) is 0 Å². The van der Waals surface area contributed by atoms with Crippen molar-refractivity contribution in [3.63, 3.8) is 0 Å². The van der Waals surface area contributed by atoms with Crippen LogP contribution in [0.2, 0.25) is 0 Å². The SMILES string of the molecule is CCC1(C)CN(CCOC(C)(C)C)CCCN1. The minimum atomic E-state index is -0.0157. The van der Waals surface area contributed by atoms with Crippen molar-refractivity contribution in [1.82, 2.24) is 10.2 Å². The van der Waals surface area contributed by atoms with E-state index in [1.165, 1.54) is 19.4 Å². The number of nitrogens with zero attached hydrogens (tertiary/aromatic N) is 1. The van der Waals surface area contributed by atoms with E-state index in [2.05, 4.69) is 44.8 Å². The van der Waals surface area contributed by atoms with Crippen LogP contribution in [0.3, 0.4) is 0 Å². The van der Waals surface area contributed by atoms with Crippen LogP contribution in [0.5, 0.6) is 0 Å². The fourth-order valence-corrected chi connectivity index (χ4v) is 2.23. The third-order valence-corrected chi connectivity index (χ3v) is 3.50. The van der Waals surface area contributed by atoms with Crippen molar-refractivity contribution >= 4 is 0 Å². The van der Waals surface area contributed by atoms with Crippen LogP contribution in [0.1, 0.15) is 47.5 Å². The summed E-state index contributed by atoms with van der Waals surface area (Å²) in [6, 6.07) is 0. The first-order chi connectivity index (χ1) is 7.85. The van der Waals surface area contributed by atoms with Crippen molar-refractivity contribution in [2.45, 2.75) is 58.6 Å². The van der Waals surface area contributed by atoms with Crippen molar-refractivity contribution in [1.29, 1.82) is 0 Å². The summed E-state index contributed by atoms with van der Waals surface area (Å²) in [5.41, 5.74) is 0.260. The van der Waals surface area contributed by atoms with E-state index < -0.39 is 0 Å². The first-order valence-electron chi connectivity index (χ1n) is 6.96. The molecule has 3 heteroatoms. The quantitative estimate of drug-likeness (QED) is 0.818. The number of ether oxygens (including phenoxy) is 1. The fraction of sp³-hybridized carbons (Fsp3) is 1.00. The van der Waals surface area contributed by atoms with Gasteiger partial charge in [-0.3, -0.25) is 4.90 Å². The van der Waals surface area contributed by atoms with Crippen LogP contribution < -0.4 is 5.32 Å². The summed E-state index contributed by atoms with van der Waals surface area (Å²) in [6.07, 6.45) is 2.43. The van der Waals surface area contributed by atoms with Crippen molar-refractivity contribution in [2.75, 3.05) is 32.8 Å². The van der Waals surface area contributed by atoms with E-state index in [4.69, 9.17) is 4.74 Å². The maximum Gasteiger partial charge on any atom is 0.0600 e. The molecule has 0 radical (unpaired) electrons. The third-order valence-electron chi connectivity index (χ3n) is 3.50. The average Bonchev–Trinajstić information content (AvgIpc) is 2.39. The minimum Gasteiger partial charge on any atom is -0.375 e. The van der Waals surface area contributed by atoms with E-state index in [1.807, 2.05) is 0 Å². The van der Waals surface area contributed by atoms with Gasteiger partial charge in [-0.1, -0.05) is 6.92 Å². The maximum atomic E-state index is 5.81. The van der Waals surface area contributed by atoms with Gasteiger partial charge in [0.05, 0.1) is 12.2 Å². The highest BCUT2D eigenvalue weighted by atomic mass is 16.5. The van der Waals surface area contributed by atoms with E-state index in [0.717, 1.165) is 26.2 Å². The average molecular weight is 242 g/mol. The molecule has 1 aliphatic rings. The lowest BCUT2D eigenvalue weighted by atomic mass is 9.99. The second-order valence-corrected chi connectivity index (χ2v) is 6.43. The molecule has 0 aromatic rings. The third kappa shape index (κ3) is 5.84. The second kappa shape index (κ2) is 6.17. The van der Waals surface area contributed by atoms with Gasteiger partial charge in [0.15, 0.2) is 0 Å². The number of hydrogen-bond donors (Lipinski definition) is 1. The Hall–Kier alpha value is -0.120. The molecule has 1 aliphatic heterocycles. The van der Waals surface area contributed by atoms with Crippen LogP contribution in [-0.4, -0.2) is 48.8 Å². The Morgan fingerprint density at radius 1 is 1.35 bits per heavy atom. The van der Waals surface area contributed by atoms with Gasteiger partial charge in [0.1, 0.15) is 0 Å². The zero-order chi connectivity index (χ0) is 12.9. The molecule has 0 amide bonds. The van der Waals surface area contributed by atoms with Gasteiger partial charge in [-0.25, -0.2) is 0 Å². The molecular weight excluding hydrogens is 212 g/mol. The Kier molecular flexibility index (Phi) is 5.42. The Bertz CT molecular complexity index is 225. The molecule has 0 saturated carbocycles. The molecule has 17 heavy (non-hydrogen) atoms. The zero-order valence-electron chi connectivity index (χ0n) is 12.3. The Morgan fingerprint density at radius 2 is 2.06 bits per heavy atom. The highest BCUT2D eigenvalue weighted by Crippen LogP contribution is 2.15. The molecule has 1 rings (SSSR count). The van der Waals surface area contributed by atoms with Crippen molar-refractivity contribution in [2.24, 2.45) is 0 Å². The van der Waals surface area contributed by atoms with E-state index in [-0.39, 0.29) is 11.1 Å². The fourth-order valence-electron chi connectivity index (χ4n) is 2.23. The number of rotatable bonds is 4. The van der Waals surface area contributed by atoms with Gasteiger partial charge in [-0.05, 0) is 53.6 Å². The van der Waals surface area contributed by atoms with Gasteiger partial charge in [0, 0.05) is 18.6 Å². The lowest BCUT2D eigenvalue weighted by Gasteiger charge is -2.33. The standard InChI is InChI=1S/C14H30N2O/c1-6-14(5)12-16(9-7-8-15-14)10-11-17-13(2,3)4/h15H,6-12H2,1-5H3. The van der Waals surface area contributed by atoms with Gasteiger partial charge < -0.3 is 10.1 Å². The lowest BCUT2D eigenvalue weighted by molar-refractivity contribution is -0.0143. The van der Waals surface area contributed by atoms with E-state index in [0.29, 0.717) is 0 Å². The molecule has 3 nitrogen and oxygen atoms in total. The number of hydrogen-bond acceptors (Lipinski definition) is 3. The molecule has 0 aromatic heterocycles. The molecule has 1 heterocycles. The van der Waals surface area contributed by atoms with Crippen molar-refractivity contribution in [3.8, 4) is 0 Å². The minimum absolute atomic E-state index is 0.0157. The molecule has 0 spiro atoms. The lowest BCUT2D eigenvalue weighted by Crippen LogP contribution is -2.49. The van der Waals surface area contributed by atoms with Gasteiger partial charge in [-0.2, -0.15) is 0 Å². The Labute approximate surface area is 107 Å². The topological polar surface area (TPSA) is 24.5 Å². The highest BCUT2D eigenvalue weighted by molar-refractivity contribution is 4.87. The largest absolute Gasteiger partial charge is 0.375 e. The molecule has 1 N–H and O–H groups in total. The van der Waals surface area contributed by atoms with Crippen LogP contribution in [0, 0.1) is 0 Å². The predicted octanol–water partition coefficient (Wildman–Crippen LogP) is 2.27. The normalized spacial score (nSPS) is 28.1. The van der Waals surface area contributed by atoms with Crippen LogP contribution in [0.4, 0.5) is 0 Å². The van der Waals surface area contributed by atoms with Gasteiger partial charge in [0.2, 0.25) is 0 Å². The zero-order valence-corrected chi connectivity index (χ0v) is 12.3. The first-order valence-corrected chi connectivity index (χ1v) is 6.96. The van der Waals surface area contributed by atoms with E-state index >= 15 is 0 Å². The molecule has 1 unspecified atom stereocenters. The summed E-state index contributed by atoms with van der Waals surface area (Å²) in [4.78, 5) is 2.54. The van der Waals surface area contributed by atoms with Crippen LogP contribution in [0.25, 0.3) is 0 Å². The molecule has 1 atom stereocenters. The molecule has 1 fully saturated rings. The van der Waals surface area contributed by atoms with Crippen LogP contribution >= 0.6 is 0 Å². The number of nitrogens with one attached hydrogen (secondary N) is 1. The molecule has 0 aromatic carbocycles.